The lowest BCUT2D eigenvalue weighted by molar-refractivity contribution is -0.144. The normalized spacial score (nSPS) is 10.0. The van der Waals surface area contributed by atoms with Crippen LogP contribution in [-0.4, -0.2) is 37.9 Å². The summed E-state index contributed by atoms with van der Waals surface area (Å²) in [6, 6.07) is 13.0. The Morgan fingerprint density at radius 2 is 1.60 bits per heavy atom. The molecule has 0 N–H and O–H groups in total. The molecule has 25 heavy (non-hydrogen) atoms. The number of ether oxygens (including phenoxy) is 3. The second kappa shape index (κ2) is 8.63. The summed E-state index contributed by atoms with van der Waals surface area (Å²) >= 11 is 0. The van der Waals surface area contributed by atoms with Crippen molar-refractivity contribution in [1.82, 2.24) is 0 Å². The SMILES string of the molecule is COc1cccc(C(=O)COC(=O)COc2ccc(C(C)=O)cc2)c1. The fourth-order valence-corrected chi connectivity index (χ4v) is 2.00. The summed E-state index contributed by atoms with van der Waals surface area (Å²) in [4.78, 5) is 34.8. The number of hydrogen-bond acceptors (Lipinski definition) is 6. The van der Waals surface area contributed by atoms with Gasteiger partial charge in [0.15, 0.2) is 24.8 Å². The Morgan fingerprint density at radius 1 is 0.880 bits per heavy atom. The van der Waals surface area contributed by atoms with E-state index >= 15 is 0 Å². The van der Waals surface area contributed by atoms with E-state index in [4.69, 9.17) is 14.2 Å². The summed E-state index contributed by atoms with van der Waals surface area (Å²) in [6.45, 7) is 0.760. The maximum Gasteiger partial charge on any atom is 0.344 e. The van der Waals surface area contributed by atoms with Gasteiger partial charge in [-0.3, -0.25) is 9.59 Å². The number of methoxy groups -OCH3 is 1. The van der Waals surface area contributed by atoms with Gasteiger partial charge < -0.3 is 14.2 Å². The van der Waals surface area contributed by atoms with Crippen LogP contribution in [0.2, 0.25) is 0 Å². The summed E-state index contributed by atoms with van der Waals surface area (Å²) in [5, 5.41) is 0. The predicted octanol–water partition coefficient (Wildman–Crippen LogP) is 2.70. The number of benzene rings is 2. The molecule has 0 saturated carbocycles. The minimum absolute atomic E-state index is 0.0537. The van der Waals surface area contributed by atoms with Crippen LogP contribution in [0.3, 0.4) is 0 Å². The smallest absolute Gasteiger partial charge is 0.344 e. The van der Waals surface area contributed by atoms with Crippen molar-refractivity contribution in [2.75, 3.05) is 20.3 Å². The molecule has 0 radical (unpaired) electrons. The molecule has 2 aromatic carbocycles. The van der Waals surface area contributed by atoms with E-state index in [0.717, 1.165) is 0 Å². The number of Topliss-reactive ketones (excluding diaryl/α,β-unsaturated/α-hetero) is 2. The molecule has 0 aliphatic rings. The molecule has 0 bridgehead atoms. The van der Waals surface area contributed by atoms with Crippen LogP contribution in [0.5, 0.6) is 11.5 Å². The third-order valence-corrected chi connectivity index (χ3v) is 3.37. The average molecular weight is 342 g/mol. The van der Waals surface area contributed by atoms with Crippen LogP contribution in [0, 0.1) is 0 Å². The Hall–Kier alpha value is -3.15. The van der Waals surface area contributed by atoms with Gasteiger partial charge in [-0.25, -0.2) is 4.79 Å². The van der Waals surface area contributed by atoms with Crippen LogP contribution in [0.1, 0.15) is 27.6 Å². The van der Waals surface area contributed by atoms with E-state index in [2.05, 4.69) is 0 Å². The van der Waals surface area contributed by atoms with Gasteiger partial charge in [0, 0.05) is 11.1 Å². The molecule has 0 heterocycles. The lowest BCUT2D eigenvalue weighted by Crippen LogP contribution is -2.19. The van der Waals surface area contributed by atoms with E-state index in [0.29, 0.717) is 22.6 Å². The Morgan fingerprint density at radius 3 is 2.24 bits per heavy atom. The molecule has 2 rings (SSSR count). The van der Waals surface area contributed by atoms with Gasteiger partial charge in [-0.05, 0) is 43.3 Å². The first-order valence-corrected chi connectivity index (χ1v) is 7.56. The second-order valence-corrected chi connectivity index (χ2v) is 5.19. The molecule has 0 atom stereocenters. The van der Waals surface area contributed by atoms with Crippen LogP contribution < -0.4 is 9.47 Å². The molecular formula is C19H18O6. The van der Waals surface area contributed by atoms with E-state index in [9.17, 15) is 14.4 Å². The van der Waals surface area contributed by atoms with Crippen LogP contribution >= 0.6 is 0 Å². The van der Waals surface area contributed by atoms with Crippen molar-refractivity contribution in [1.29, 1.82) is 0 Å². The number of ketones is 2. The quantitative estimate of drug-likeness (QED) is 0.542. The standard InChI is InChI=1S/C19H18O6/c1-13(20)14-6-8-16(9-7-14)24-12-19(22)25-11-18(21)15-4-3-5-17(10-15)23-2/h3-10H,11-12H2,1-2H3. The third-order valence-electron chi connectivity index (χ3n) is 3.37. The van der Waals surface area contributed by atoms with Crippen molar-refractivity contribution in [2.45, 2.75) is 6.92 Å². The second-order valence-electron chi connectivity index (χ2n) is 5.19. The molecule has 6 heteroatoms. The van der Waals surface area contributed by atoms with Gasteiger partial charge in [0.1, 0.15) is 11.5 Å². The minimum Gasteiger partial charge on any atom is -0.497 e. The van der Waals surface area contributed by atoms with Gasteiger partial charge in [0.05, 0.1) is 7.11 Å². The number of rotatable bonds is 8. The first-order valence-electron chi connectivity index (χ1n) is 7.56. The highest BCUT2D eigenvalue weighted by Gasteiger charge is 2.11. The van der Waals surface area contributed by atoms with Crippen molar-refractivity contribution in [3.63, 3.8) is 0 Å². The molecule has 6 nitrogen and oxygen atoms in total. The first kappa shape index (κ1) is 18.2. The molecule has 130 valence electrons. The van der Waals surface area contributed by atoms with Gasteiger partial charge in [0.2, 0.25) is 0 Å². The van der Waals surface area contributed by atoms with Gasteiger partial charge in [0.25, 0.3) is 0 Å². The molecule has 0 aliphatic heterocycles. The van der Waals surface area contributed by atoms with Crippen molar-refractivity contribution in [2.24, 2.45) is 0 Å². The zero-order chi connectivity index (χ0) is 18.2. The topological polar surface area (TPSA) is 78.9 Å². The third kappa shape index (κ3) is 5.46. The van der Waals surface area contributed by atoms with Crippen LogP contribution in [0.15, 0.2) is 48.5 Å². The summed E-state index contributed by atoms with van der Waals surface area (Å²) in [6.07, 6.45) is 0. The molecule has 0 amide bonds. The van der Waals surface area contributed by atoms with Crippen LogP contribution in [0.4, 0.5) is 0 Å². The number of esters is 1. The Balaban J connectivity index is 1.80. The molecule has 0 saturated heterocycles. The fraction of sp³-hybridized carbons (Fsp3) is 0.211. The maximum absolute atomic E-state index is 12.0. The van der Waals surface area contributed by atoms with E-state index in [1.165, 1.54) is 14.0 Å². The number of carbonyl (C=O) groups is 3. The summed E-state index contributed by atoms with van der Waals surface area (Å²) in [5.41, 5.74) is 0.951. The molecule has 0 aliphatic carbocycles. The molecule has 0 fully saturated rings. The monoisotopic (exact) mass is 342 g/mol. The molecule has 0 spiro atoms. The fourth-order valence-electron chi connectivity index (χ4n) is 2.00. The summed E-state index contributed by atoms with van der Waals surface area (Å²) < 4.78 is 15.2. The van der Waals surface area contributed by atoms with Crippen molar-refractivity contribution in [3.05, 3.63) is 59.7 Å². The Labute approximate surface area is 145 Å². The van der Waals surface area contributed by atoms with E-state index in [1.54, 1.807) is 48.5 Å². The lowest BCUT2D eigenvalue weighted by atomic mass is 10.1. The predicted molar refractivity (Wildman–Crippen MR) is 90.2 cm³/mol. The van der Waals surface area contributed by atoms with Crippen LogP contribution in [0.25, 0.3) is 0 Å². The van der Waals surface area contributed by atoms with Gasteiger partial charge in [-0.2, -0.15) is 0 Å². The van der Waals surface area contributed by atoms with E-state index in [-0.39, 0.29) is 24.8 Å². The molecule has 0 aromatic heterocycles. The van der Waals surface area contributed by atoms with Gasteiger partial charge in [-0.1, -0.05) is 12.1 Å². The highest BCUT2D eigenvalue weighted by Crippen LogP contribution is 2.14. The molecular weight excluding hydrogens is 324 g/mol. The van der Waals surface area contributed by atoms with Gasteiger partial charge in [-0.15, -0.1) is 0 Å². The number of hydrogen-bond donors (Lipinski definition) is 0. The van der Waals surface area contributed by atoms with Crippen LogP contribution in [-0.2, 0) is 9.53 Å². The highest BCUT2D eigenvalue weighted by atomic mass is 16.6. The zero-order valence-corrected chi connectivity index (χ0v) is 14.0. The minimum atomic E-state index is -0.660. The Kier molecular flexibility index (Phi) is 6.28. The zero-order valence-electron chi connectivity index (χ0n) is 14.0. The van der Waals surface area contributed by atoms with Crippen molar-refractivity contribution < 1.29 is 28.6 Å². The molecule has 0 unspecified atom stereocenters. The molecule has 2 aromatic rings. The van der Waals surface area contributed by atoms with Crippen molar-refractivity contribution >= 4 is 17.5 Å². The highest BCUT2D eigenvalue weighted by molar-refractivity contribution is 5.98. The largest absolute Gasteiger partial charge is 0.497 e. The average Bonchev–Trinajstić information content (AvgIpc) is 2.64. The summed E-state index contributed by atoms with van der Waals surface area (Å²) in [7, 11) is 1.50. The van der Waals surface area contributed by atoms with E-state index < -0.39 is 5.97 Å². The summed E-state index contributed by atoms with van der Waals surface area (Å²) in [5.74, 6) is -0.0671. The van der Waals surface area contributed by atoms with Gasteiger partial charge >= 0.3 is 5.97 Å². The van der Waals surface area contributed by atoms with Crippen molar-refractivity contribution in [3.8, 4) is 11.5 Å². The number of carbonyl (C=O) groups excluding carboxylic acids is 3. The first-order chi connectivity index (χ1) is 12.0. The van der Waals surface area contributed by atoms with E-state index in [1.807, 2.05) is 0 Å². The lowest BCUT2D eigenvalue weighted by Gasteiger charge is -2.08. The Bertz CT molecular complexity index is 764. The maximum atomic E-state index is 12.0.